The van der Waals surface area contributed by atoms with Gasteiger partial charge in [0, 0.05) is 29.4 Å². The van der Waals surface area contributed by atoms with Crippen molar-refractivity contribution in [2.24, 2.45) is 5.92 Å². The zero-order chi connectivity index (χ0) is 17.3. The van der Waals surface area contributed by atoms with Crippen LogP contribution < -0.4 is 0 Å². The molecule has 1 aliphatic rings. The third-order valence-corrected chi connectivity index (χ3v) is 4.03. The summed E-state index contributed by atoms with van der Waals surface area (Å²) in [7, 11) is 0. The lowest BCUT2D eigenvalue weighted by atomic mass is 9.87. The quantitative estimate of drug-likeness (QED) is 0.841. The number of aromatic amines is 1. The van der Waals surface area contributed by atoms with E-state index >= 15 is 0 Å². The summed E-state index contributed by atoms with van der Waals surface area (Å²) in [6, 6.07) is 6.43. The molecule has 3 rings (SSSR count). The Morgan fingerprint density at radius 1 is 1.42 bits per heavy atom. The summed E-state index contributed by atoms with van der Waals surface area (Å²) < 4.78 is 5.20. The highest BCUT2D eigenvalue weighted by Gasteiger charge is 2.43. The molecule has 0 saturated heterocycles. The molecule has 24 heavy (non-hydrogen) atoms. The molecule has 7 nitrogen and oxygen atoms in total. The van der Waals surface area contributed by atoms with Crippen LogP contribution in [0, 0.1) is 5.92 Å². The second-order valence-corrected chi connectivity index (χ2v) is 6.22. The Balaban J connectivity index is 2.15. The smallest absolute Gasteiger partial charge is 0.450 e. The molecule has 0 radical (unpaired) electrons. The van der Waals surface area contributed by atoms with E-state index in [9.17, 15) is 14.7 Å². The number of carbonyl (C=O) groups excluding carboxylic acids is 1. The number of benzene rings is 1. The SMILES string of the molecule is CC(C)CN1C(=O)c2ccccc2C(OC(=O)O)C1c1cn[nH]c1. The number of nitrogens with one attached hydrogen (secondary N) is 1. The molecule has 1 aromatic heterocycles. The average molecular weight is 329 g/mol. The van der Waals surface area contributed by atoms with Gasteiger partial charge in [-0.15, -0.1) is 0 Å². The second kappa shape index (κ2) is 6.35. The molecule has 1 aliphatic heterocycles. The van der Waals surface area contributed by atoms with Crippen LogP contribution >= 0.6 is 0 Å². The van der Waals surface area contributed by atoms with Gasteiger partial charge in [0.1, 0.15) is 6.04 Å². The molecule has 0 saturated carbocycles. The molecule has 7 heteroatoms. The molecule has 1 amide bonds. The van der Waals surface area contributed by atoms with Crippen molar-refractivity contribution in [3.63, 3.8) is 0 Å². The lowest BCUT2D eigenvalue weighted by molar-refractivity contribution is -0.00889. The van der Waals surface area contributed by atoms with Gasteiger partial charge in [-0.25, -0.2) is 4.79 Å². The van der Waals surface area contributed by atoms with Crippen molar-refractivity contribution in [2.45, 2.75) is 26.0 Å². The largest absolute Gasteiger partial charge is 0.506 e. The summed E-state index contributed by atoms with van der Waals surface area (Å²) in [5.41, 5.74) is 1.77. The number of rotatable bonds is 4. The van der Waals surface area contributed by atoms with Crippen LogP contribution in [0.25, 0.3) is 0 Å². The topological polar surface area (TPSA) is 95.5 Å². The zero-order valence-electron chi connectivity index (χ0n) is 13.5. The first-order valence-corrected chi connectivity index (χ1v) is 7.77. The molecule has 2 atom stereocenters. The molecule has 2 aromatic rings. The van der Waals surface area contributed by atoms with Gasteiger partial charge in [0.25, 0.3) is 5.91 Å². The van der Waals surface area contributed by atoms with Gasteiger partial charge in [-0.2, -0.15) is 5.10 Å². The van der Waals surface area contributed by atoms with E-state index < -0.39 is 18.3 Å². The van der Waals surface area contributed by atoms with Crippen molar-refractivity contribution in [3.05, 3.63) is 53.3 Å². The minimum absolute atomic E-state index is 0.129. The van der Waals surface area contributed by atoms with Crippen molar-refractivity contribution in [1.29, 1.82) is 0 Å². The Kier molecular flexibility index (Phi) is 4.24. The summed E-state index contributed by atoms with van der Waals surface area (Å²) in [5, 5.41) is 15.9. The molecule has 2 heterocycles. The first-order valence-electron chi connectivity index (χ1n) is 7.77. The summed E-state index contributed by atoms with van der Waals surface area (Å²) in [6.45, 7) is 4.50. The Labute approximate surface area is 139 Å². The van der Waals surface area contributed by atoms with Gasteiger partial charge in [-0.1, -0.05) is 32.0 Å². The maximum absolute atomic E-state index is 13.0. The summed E-state index contributed by atoms with van der Waals surface area (Å²) in [4.78, 5) is 25.9. The van der Waals surface area contributed by atoms with E-state index in [4.69, 9.17) is 4.74 Å². The van der Waals surface area contributed by atoms with Crippen molar-refractivity contribution < 1.29 is 19.4 Å². The predicted octanol–water partition coefficient (Wildman–Crippen LogP) is 3.00. The van der Waals surface area contributed by atoms with E-state index in [1.807, 2.05) is 13.8 Å². The van der Waals surface area contributed by atoms with Gasteiger partial charge in [0.05, 0.1) is 6.20 Å². The zero-order valence-corrected chi connectivity index (χ0v) is 13.5. The van der Waals surface area contributed by atoms with Crippen LogP contribution in [0.5, 0.6) is 0 Å². The maximum Gasteiger partial charge on any atom is 0.506 e. The van der Waals surface area contributed by atoms with E-state index in [0.29, 0.717) is 23.2 Å². The van der Waals surface area contributed by atoms with E-state index in [0.717, 1.165) is 0 Å². The average Bonchev–Trinajstić information content (AvgIpc) is 3.05. The highest BCUT2D eigenvalue weighted by molar-refractivity contribution is 5.97. The van der Waals surface area contributed by atoms with E-state index in [1.54, 1.807) is 41.6 Å². The molecule has 2 N–H and O–H groups in total. The molecule has 126 valence electrons. The third-order valence-electron chi connectivity index (χ3n) is 4.03. The standard InChI is InChI=1S/C17H19N3O4/c1-10(2)9-20-14(11-7-18-19-8-11)15(24-17(22)23)12-5-3-4-6-13(12)16(20)21/h3-8,10,14-15H,9H2,1-2H3,(H,18,19)(H,22,23). The number of fused-ring (bicyclic) bond motifs is 1. The molecule has 0 aliphatic carbocycles. The van der Waals surface area contributed by atoms with Crippen LogP contribution in [-0.2, 0) is 4.74 Å². The highest BCUT2D eigenvalue weighted by atomic mass is 16.7. The van der Waals surface area contributed by atoms with Crippen molar-refractivity contribution in [3.8, 4) is 0 Å². The second-order valence-electron chi connectivity index (χ2n) is 6.22. The first kappa shape index (κ1) is 16.0. The lowest BCUT2D eigenvalue weighted by Crippen LogP contribution is -2.45. The molecular weight excluding hydrogens is 310 g/mol. The van der Waals surface area contributed by atoms with Crippen LogP contribution in [0.1, 0.15) is 47.5 Å². The van der Waals surface area contributed by atoms with Gasteiger partial charge in [-0.05, 0) is 12.0 Å². The number of hydrogen-bond donors (Lipinski definition) is 2. The number of hydrogen-bond acceptors (Lipinski definition) is 4. The highest BCUT2D eigenvalue weighted by Crippen LogP contribution is 2.43. The lowest BCUT2D eigenvalue weighted by Gasteiger charge is -2.41. The molecular formula is C17H19N3O4. The van der Waals surface area contributed by atoms with Gasteiger partial charge in [0.15, 0.2) is 6.10 Å². The van der Waals surface area contributed by atoms with E-state index in [1.165, 1.54) is 0 Å². The number of H-pyrrole nitrogens is 1. The van der Waals surface area contributed by atoms with Crippen LogP contribution in [0.15, 0.2) is 36.7 Å². The van der Waals surface area contributed by atoms with Gasteiger partial charge < -0.3 is 14.7 Å². The summed E-state index contributed by atoms with van der Waals surface area (Å²) in [6.07, 6.45) is 1.09. The summed E-state index contributed by atoms with van der Waals surface area (Å²) in [5.74, 6) is 0.0924. The number of aromatic nitrogens is 2. The number of nitrogens with zero attached hydrogens (tertiary/aromatic N) is 2. The van der Waals surface area contributed by atoms with Crippen LogP contribution in [0.2, 0.25) is 0 Å². The minimum Gasteiger partial charge on any atom is -0.450 e. The Morgan fingerprint density at radius 2 is 2.17 bits per heavy atom. The molecule has 0 bridgehead atoms. The Morgan fingerprint density at radius 3 is 2.79 bits per heavy atom. The predicted molar refractivity (Wildman–Crippen MR) is 85.5 cm³/mol. The van der Waals surface area contributed by atoms with Gasteiger partial charge in [-0.3, -0.25) is 9.89 Å². The summed E-state index contributed by atoms with van der Waals surface area (Å²) >= 11 is 0. The number of amides is 1. The fourth-order valence-electron chi connectivity index (χ4n) is 3.16. The Bertz CT molecular complexity index is 742. The van der Waals surface area contributed by atoms with Gasteiger partial charge >= 0.3 is 6.16 Å². The molecule has 2 unspecified atom stereocenters. The maximum atomic E-state index is 13.0. The van der Waals surface area contributed by atoms with Crippen molar-refractivity contribution in [1.82, 2.24) is 15.1 Å². The molecule has 0 spiro atoms. The number of ether oxygens (including phenoxy) is 1. The van der Waals surface area contributed by atoms with E-state index in [-0.39, 0.29) is 11.8 Å². The van der Waals surface area contributed by atoms with E-state index in [2.05, 4.69) is 10.2 Å². The normalized spacial score (nSPS) is 20.1. The minimum atomic E-state index is -1.37. The fourth-order valence-corrected chi connectivity index (χ4v) is 3.16. The van der Waals surface area contributed by atoms with Crippen molar-refractivity contribution in [2.75, 3.05) is 6.54 Å². The fraction of sp³-hybridized carbons (Fsp3) is 0.353. The van der Waals surface area contributed by atoms with Gasteiger partial charge in [0.2, 0.25) is 0 Å². The monoisotopic (exact) mass is 329 g/mol. The van der Waals surface area contributed by atoms with Crippen LogP contribution in [-0.4, -0.2) is 38.8 Å². The molecule has 0 fully saturated rings. The van der Waals surface area contributed by atoms with Crippen LogP contribution in [0.4, 0.5) is 4.79 Å². The third kappa shape index (κ3) is 2.84. The number of carbonyl (C=O) groups is 2. The van der Waals surface area contributed by atoms with Crippen molar-refractivity contribution >= 4 is 12.1 Å². The first-order chi connectivity index (χ1) is 11.5. The Hall–Kier alpha value is -2.83. The van der Waals surface area contributed by atoms with Crippen LogP contribution in [0.3, 0.4) is 0 Å². The molecule has 1 aromatic carbocycles. The number of carboxylic acid groups (broad SMARTS) is 1.